The van der Waals surface area contributed by atoms with Gasteiger partial charge in [0.15, 0.2) is 0 Å². The summed E-state index contributed by atoms with van der Waals surface area (Å²) in [7, 11) is -3.61. The van der Waals surface area contributed by atoms with Gasteiger partial charge in [0.1, 0.15) is 6.04 Å². The van der Waals surface area contributed by atoms with Gasteiger partial charge in [-0.3, -0.25) is 9.59 Å². The van der Waals surface area contributed by atoms with Gasteiger partial charge in [0, 0.05) is 31.2 Å². The summed E-state index contributed by atoms with van der Waals surface area (Å²) in [6, 6.07) is 12.0. The third kappa shape index (κ3) is 5.43. The third-order valence-electron chi connectivity index (χ3n) is 5.33. The van der Waals surface area contributed by atoms with Crippen LogP contribution in [0.4, 0.5) is 0 Å². The molecule has 1 heterocycles. The maximum atomic E-state index is 13.2. The molecule has 1 atom stereocenters. The highest BCUT2D eigenvalue weighted by Crippen LogP contribution is 2.22. The van der Waals surface area contributed by atoms with Crippen LogP contribution >= 0.6 is 23.2 Å². The third-order valence-corrected chi connectivity index (χ3v) is 7.79. The van der Waals surface area contributed by atoms with Gasteiger partial charge < -0.3 is 10.2 Å². The maximum Gasteiger partial charge on any atom is 0.253 e. The zero-order chi connectivity index (χ0) is 23.5. The number of piperazine rings is 1. The molecule has 0 bridgehead atoms. The fraction of sp³-hybridized carbons (Fsp3) is 0.364. The van der Waals surface area contributed by atoms with Crippen LogP contribution in [0.1, 0.15) is 24.2 Å². The Bertz CT molecular complexity index is 1090. The molecule has 32 heavy (non-hydrogen) atoms. The zero-order valence-electron chi connectivity index (χ0n) is 17.8. The molecule has 2 aromatic carbocycles. The number of amides is 2. The molecule has 7 nitrogen and oxygen atoms in total. The van der Waals surface area contributed by atoms with Gasteiger partial charge in [0.25, 0.3) is 5.91 Å². The molecule has 0 saturated carbocycles. The van der Waals surface area contributed by atoms with Crippen LogP contribution in [0, 0.1) is 5.92 Å². The van der Waals surface area contributed by atoms with Gasteiger partial charge in [-0.05, 0) is 36.2 Å². The first kappa shape index (κ1) is 24.5. The summed E-state index contributed by atoms with van der Waals surface area (Å²) in [5.41, 5.74) is 0.230. The molecule has 0 spiro atoms. The second kappa shape index (κ2) is 10.2. The Morgan fingerprint density at radius 2 is 1.59 bits per heavy atom. The molecule has 3 rings (SSSR count). The van der Waals surface area contributed by atoms with E-state index in [0.717, 1.165) is 0 Å². The monoisotopic (exact) mass is 497 g/mol. The van der Waals surface area contributed by atoms with Crippen LogP contribution in [0.2, 0.25) is 10.0 Å². The first-order chi connectivity index (χ1) is 15.1. The molecular formula is C22H25Cl2N3O4S. The number of hydrogen-bond donors (Lipinski definition) is 1. The molecule has 1 aliphatic rings. The summed E-state index contributed by atoms with van der Waals surface area (Å²) >= 11 is 12.0. The lowest BCUT2D eigenvalue weighted by Gasteiger charge is -2.36. The molecule has 2 aromatic rings. The highest BCUT2D eigenvalue weighted by Gasteiger charge is 2.34. The standard InChI is InChI=1S/C22H25Cl2N3O4S/c1-15(2)20(25-21(28)18-9-8-16(23)14-19(18)24)22(29)26-10-12-27(13-11-26)32(30,31)17-6-4-3-5-7-17/h3-9,14-15,20H,10-13H2,1-2H3,(H,25,28)/t20-/m0/s1. The van der Waals surface area contributed by atoms with E-state index >= 15 is 0 Å². The van der Waals surface area contributed by atoms with Crippen molar-refractivity contribution in [1.82, 2.24) is 14.5 Å². The Morgan fingerprint density at radius 1 is 0.969 bits per heavy atom. The van der Waals surface area contributed by atoms with Gasteiger partial charge in [-0.2, -0.15) is 4.31 Å². The van der Waals surface area contributed by atoms with Crippen LogP contribution in [0.25, 0.3) is 0 Å². The van der Waals surface area contributed by atoms with Gasteiger partial charge in [0.2, 0.25) is 15.9 Å². The molecule has 172 valence electrons. The number of halogens is 2. The summed E-state index contributed by atoms with van der Waals surface area (Å²) in [5.74, 6) is -0.900. The molecule has 1 aliphatic heterocycles. The number of sulfonamides is 1. The van der Waals surface area contributed by atoms with Crippen LogP contribution in [0.3, 0.4) is 0 Å². The Kier molecular flexibility index (Phi) is 7.82. The number of carbonyl (C=O) groups is 2. The minimum absolute atomic E-state index is 0.177. The number of nitrogens with one attached hydrogen (secondary N) is 1. The predicted octanol–water partition coefficient (Wildman–Crippen LogP) is 3.28. The van der Waals surface area contributed by atoms with Crippen LogP contribution in [-0.4, -0.2) is 61.7 Å². The predicted molar refractivity (Wildman–Crippen MR) is 124 cm³/mol. The lowest BCUT2D eigenvalue weighted by atomic mass is 10.0. The number of rotatable bonds is 6. The number of benzene rings is 2. The largest absolute Gasteiger partial charge is 0.340 e. The van der Waals surface area contributed by atoms with Crippen LogP contribution < -0.4 is 5.32 Å². The van der Waals surface area contributed by atoms with Crippen molar-refractivity contribution in [3.63, 3.8) is 0 Å². The average Bonchev–Trinajstić information content (AvgIpc) is 2.77. The van der Waals surface area contributed by atoms with Crippen molar-refractivity contribution in [1.29, 1.82) is 0 Å². The van der Waals surface area contributed by atoms with Gasteiger partial charge in [-0.25, -0.2) is 8.42 Å². The first-order valence-electron chi connectivity index (χ1n) is 10.2. The molecule has 10 heteroatoms. The van der Waals surface area contributed by atoms with Crippen molar-refractivity contribution in [2.45, 2.75) is 24.8 Å². The van der Waals surface area contributed by atoms with E-state index in [1.807, 2.05) is 13.8 Å². The minimum Gasteiger partial charge on any atom is -0.340 e. The topological polar surface area (TPSA) is 86.8 Å². The average molecular weight is 498 g/mol. The molecule has 0 aliphatic carbocycles. The van der Waals surface area contributed by atoms with E-state index in [9.17, 15) is 18.0 Å². The Hall–Kier alpha value is -2.13. The smallest absolute Gasteiger partial charge is 0.253 e. The number of hydrogen-bond acceptors (Lipinski definition) is 4. The summed E-state index contributed by atoms with van der Waals surface area (Å²) in [6.07, 6.45) is 0. The first-order valence-corrected chi connectivity index (χ1v) is 12.4. The maximum absolute atomic E-state index is 13.2. The van der Waals surface area contributed by atoms with Crippen molar-refractivity contribution in [3.05, 3.63) is 64.1 Å². The molecule has 0 aromatic heterocycles. The van der Waals surface area contributed by atoms with Gasteiger partial charge in [0.05, 0.1) is 15.5 Å². The van der Waals surface area contributed by atoms with E-state index in [1.165, 1.54) is 16.4 Å². The van der Waals surface area contributed by atoms with Crippen molar-refractivity contribution < 1.29 is 18.0 Å². The number of carbonyl (C=O) groups excluding carboxylic acids is 2. The lowest BCUT2D eigenvalue weighted by molar-refractivity contribution is -0.135. The Morgan fingerprint density at radius 3 is 2.16 bits per heavy atom. The zero-order valence-corrected chi connectivity index (χ0v) is 20.1. The molecule has 1 saturated heterocycles. The quantitative estimate of drug-likeness (QED) is 0.663. The van der Waals surface area contributed by atoms with Crippen molar-refractivity contribution >= 4 is 45.0 Å². The summed E-state index contributed by atoms with van der Waals surface area (Å²) in [6.45, 7) is 4.53. The van der Waals surface area contributed by atoms with Crippen molar-refractivity contribution in [3.8, 4) is 0 Å². The summed E-state index contributed by atoms with van der Waals surface area (Å²) < 4.78 is 27.0. The molecule has 2 amide bonds. The fourth-order valence-corrected chi connectivity index (χ4v) is 5.43. The summed E-state index contributed by atoms with van der Waals surface area (Å²) in [5, 5.41) is 3.38. The SMILES string of the molecule is CC(C)[C@H](NC(=O)c1ccc(Cl)cc1Cl)C(=O)N1CCN(S(=O)(=O)c2ccccc2)CC1. The van der Waals surface area contributed by atoms with Crippen molar-refractivity contribution in [2.75, 3.05) is 26.2 Å². The lowest BCUT2D eigenvalue weighted by Crippen LogP contribution is -2.57. The van der Waals surface area contributed by atoms with Crippen molar-refractivity contribution in [2.24, 2.45) is 5.92 Å². The van der Waals surface area contributed by atoms with Crippen LogP contribution in [-0.2, 0) is 14.8 Å². The van der Waals surface area contributed by atoms with Crippen LogP contribution in [0.5, 0.6) is 0 Å². The number of nitrogens with zero attached hydrogens (tertiary/aromatic N) is 2. The fourth-order valence-electron chi connectivity index (χ4n) is 3.49. The van der Waals surface area contributed by atoms with E-state index < -0.39 is 22.0 Å². The van der Waals surface area contributed by atoms with E-state index in [0.29, 0.717) is 5.02 Å². The molecule has 0 unspecified atom stereocenters. The second-order valence-electron chi connectivity index (χ2n) is 7.86. The molecule has 1 fully saturated rings. The highest BCUT2D eigenvalue weighted by atomic mass is 35.5. The minimum atomic E-state index is -3.61. The van der Waals surface area contributed by atoms with E-state index in [1.54, 1.807) is 41.3 Å². The highest BCUT2D eigenvalue weighted by molar-refractivity contribution is 7.89. The van der Waals surface area contributed by atoms with E-state index in [2.05, 4.69) is 5.32 Å². The van der Waals surface area contributed by atoms with E-state index in [4.69, 9.17) is 23.2 Å². The van der Waals surface area contributed by atoms with Gasteiger partial charge in [-0.1, -0.05) is 55.2 Å². The van der Waals surface area contributed by atoms with Gasteiger partial charge >= 0.3 is 0 Å². The van der Waals surface area contributed by atoms with E-state index in [-0.39, 0.29) is 53.5 Å². The van der Waals surface area contributed by atoms with Gasteiger partial charge in [-0.15, -0.1) is 0 Å². The molecule has 1 N–H and O–H groups in total. The summed E-state index contributed by atoms with van der Waals surface area (Å²) in [4.78, 5) is 27.7. The molecular weight excluding hydrogens is 473 g/mol. The second-order valence-corrected chi connectivity index (χ2v) is 10.6. The normalized spacial score (nSPS) is 16.1. The Balaban J connectivity index is 1.67. The Labute approximate surface area is 198 Å². The van der Waals surface area contributed by atoms with Crippen LogP contribution in [0.15, 0.2) is 53.4 Å². The molecule has 0 radical (unpaired) electrons.